The van der Waals surface area contributed by atoms with E-state index >= 15 is 0 Å². The zero-order valence-electron chi connectivity index (χ0n) is 13.4. The molecule has 2 heteroatoms. The van der Waals surface area contributed by atoms with Gasteiger partial charge in [0.25, 0.3) is 0 Å². The van der Waals surface area contributed by atoms with Crippen LogP contribution in [0.15, 0.2) is 0 Å². The zero-order chi connectivity index (χ0) is 14.4. The largest absolute Gasteiger partial charge is 0.361 e. The highest BCUT2D eigenvalue weighted by molar-refractivity contribution is 5.87. The van der Waals surface area contributed by atoms with Gasteiger partial charge in [0.15, 0.2) is 5.78 Å². The fourth-order valence-electron chi connectivity index (χ4n) is 7.42. The molecule has 5 fully saturated rings. The van der Waals surface area contributed by atoms with Gasteiger partial charge in [0.1, 0.15) is 6.10 Å². The molecule has 0 aromatic heterocycles. The molecule has 0 aromatic rings. The van der Waals surface area contributed by atoms with Gasteiger partial charge in [-0.15, -0.1) is 0 Å². The van der Waals surface area contributed by atoms with E-state index in [2.05, 4.69) is 13.8 Å². The molecule has 0 bridgehead atoms. The Hall–Kier alpha value is -0.370. The first kappa shape index (κ1) is 13.1. The number of ketones is 1. The number of Topliss-reactive ketones (excluding diaryl/α,β-unsaturated/α-hetero) is 1. The van der Waals surface area contributed by atoms with E-state index in [4.69, 9.17) is 4.74 Å². The van der Waals surface area contributed by atoms with Crippen LogP contribution in [-0.4, -0.2) is 18.0 Å². The van der Waals surface area contributed by atoms with Gasteiger partial charge in [-0.05, 0) is 67.6 Å². The van der Waals surface area contributed by atoms with Crippen molar-refractivity contribution in [3.63, 3.8) is 0 Å². The van der Waals surface area contributed by atoms with Crippen molar-refractivity contribution in [3.05, 3.63) is 0 Å². The van der Waals surface area contributed by atoms with Crippen LogP contribution in [0.5, 0.6) is 0 Å². The number of hydrogen-bond donors (Lipinski definition) is 0. The first-order chi connectivity index (χ1) is 10.0. The van der Waals surface area contributed by atoms with Gasteiger partial charge < -0.3 is 4.74 Å². The lowest BCUT2D eigenvalue weighted by Gasteiger charge is -2.58. The molecule has 4 aliphatic carbocycles. The second-order valence-electron chi connectivity index (χ2n) is 9.25. The number of hydrogen-bond acceptors (Lipinski definition) is 2. The number of rotatable bonds is 0. The molecule has 8 atom stereocenters. The Kier molecular flexibility index (Phi) is 2.45. The number of ether oxygens (including phenoxy) is 1. The van der Waals surface area contributed by atoms with E-state index in [-0.39, 0.29) is 12.2 Å². The third-order valence-electron chi connectivity index (χ3n) is 8.61. The van der Waals surface area contributed by atoms with Crippen molar-refractivity contribution in [2.75, 3.05) is 0 Å². The predicted octanol–water partition coefficient (Wildman–Crippen LogP) is 3.98. The standard InChI is InChI=1S/C19H28O2/c1-18-8-3-4-13(18)12-6-5-11-10-15(20)16-17(21-16)19(11,2)14(12)7-9-18/h11-14,16-17H,3-10H2,1-2H3/t11-,12-,13+,14+,16-,17-,18+,19+/m0/s1. The molecule has 116 valence electrons. The molecule has 0 N–H and O–H groups in total. The van der Waals surface area contributed by atoms with E-state index in [9.17, 15) is 4.79 Å². The van der Waals surface area contributed by atoms with Gasteiger partial charge in [-0.2, -0.15) is 0 Å². The molecule has 0 radical (unpaired) electrons. The summed E-state index contributed by atoms with van der Waals surface area (Å²) in [4.78, 5) is 12.1. The maximum atomic E-state index is 12.1. The topological polar surface area (TPSA) is 29.6 Å². The third kappa shape index (κ3) is 1.51. The summed E-state index contributed by atoms with van der Waals surface area (Å²) in [5, 5.41) is 0. The number of fused-ring (bicyclic) bond motifs is 7. The van der Waals surface area contributed by atoms with Gasteiger partial charge in [-0.25, -0.2) is 0 Å². The predicted molar refractivity (Wildman–Crippen MR) is 80.8 cm³/mol. The molecule has 21 heavy (non-hydrogen) atoms. The van der Waals surface area contributed by atoms with Crippen LogP contribution in [0.2, 0.25) is 0 Å². The van der Waals surface area contributed by atoms with Crippen LogP contribution >= 0.6 is 0 Å². The minimum Gasteiger partial charge on any atom is -0.361 e. The summed E-state index contributed by atoms with van der Waals surface area (Å²) in [5.74, 6) is 3.73. The highest BCUT2D eigenvalue weighted by Crippen LogP contribution is 2.68. The van der Waals surface area contributed by atoms with E-state index in [1.807, 2.05) is 0 Å². The average Bonchev–Trinajstić information content (AvgIpc) is 3.17. The maximum Gasteiger partial charge on any atom is 0.164 e. The van der Waals surface area contributed by atoms with Crippen molar-refractivity contribution in [2.45, 2.75) is 77.4 Å². The molecule has 2 nitrogen and oxygen atoms in total. The number of carbonyl (C=O) groups is 1. The van der Waals surface area contributed by atoms with Crippen molar-refractivity contribution >= 4 is 5.78 Å². The Bertz CT molecular complexity index is 500. The van der Waals surface area contributed by atoms with Crippen LogP contribution in [0, 0.1) is 34.5 Å². The second kappa shape index (κ2) is 3.93. The minimum absolute atomic E-state index is 0.0121. The Morgan fingerprint density at radius 3 is 2.76 bits per heavy atom. The maximum absolute atomic E-state index is 12.1. The summed E-state index contributed by atoms with van der Waals surface area (Å²) in [5.41, 5.74) is 0.948. The van der Waals surface area contributed by atoms with Crippen LogP contribution < -0.4 is 0 Å². The molecular formula is C19H28O2. The van der Waals surface area contributed by atoms with Crippen molar-refractivity contribution in [3.8, 4) is 0 Å². The highest BCUT2D eigenvalue weighted by Gasteiger charge is 2.68. The SMILES string of the molecule is C[C@]12CCC[C@@H]1[C@@H]1CC[C@H]3CC(=O)[C@@H]4O[C@@H]4[C@@]3(C)[C@@H]1CC2. The van der Waals surface area contributed by atoms with Gasteiger partial charge in [-0.1, -0.05) is 20.3 Å². The van der Waals surface area contributed by atoms with Crippen LogP contribution in [0.25, 0.3) is 0 Å². The van der Waals surface area contributed by atoms with Crippen molar-refractivity contribution < 1.29 is 9.53 Å². The average molecular weight is 288 g/mol. The van der Waals surface area contributed by atoms with E-state index < -0.39 is 0 Å². The molecular weight excluding hydrogens is 260 g/mol. The number of carbonyl (C=O) groups excluding carboxylic acids is 1. The summed E-state index contributed by atoms with van der Waals surface area (Å²) >= 11 is 0. The molecule has 0 spiro atoms. The van der Waals surface area contributed by atoms with Crippen LogP contribution in [-0.2, 0) is 9.53 Å². The van der Waals surface area contributed by atoms with Gasteiger partial charge in [-0.3, -0.25) is 4.79 Å². The van der Waals surface area contributed by atoms with Crippen LogP contribution in [0.3, 0.4) is 0 Å². The van der Waals surface area contributed by atoms with Crippen molar-refractivity contribution in [1.29, 1.82) is 0 Å². The van der Waals surface area contributed by atoms with Gasteiger partial charge in [0.05, 0.1) is 6.10 Å². The molecule has 0 unspecified atom stereocenters. The fraction of sp³-hybridized carbons (Fsp3) is 0.947. The smallest absolute Gasteiger partial charge is 0.164 e. The lowest BCUT2D eigenvalue weighted by Crippen LogP contribution is -2.55. The molecule has 1 aliphatic heterocycles. The highest BCUT2D eigenvalue weighted by atomic mass is 16.6. The molecule has 0 aromatic carbocycles. The lowest BCUT2D eigenvalue weighted by molar-refractivity contribution is -0.132. The quantitative estimate of drug-likeness (QED) is 0.631. The van der Waals surface area contributed by atoms with E-state index in [1.54, 1.807) is 0 Å². The van der Waals surface area contributed by atoms with Crippen molar-refractivity contribution in [1.82, 2.24) is 0 Å². The Morgan fingerprint density at radius 1 is 1.05 bits per heavy atom. The van der Waals surface area contributed by atoms with Gasteiger partial charge in [0.2, 0.25) is 0 Å². The van der Waals surface area contributed by atoms with E-state index in [0.717, 1.165) is 24.2 Å². The second-order valence-corrected chi connectivity index (χ2v) is 9.25. The summed E-state index contributed by atoms with van der Waals surface area (Å²) in [6, 6.07) is 0. The van der Waals surface area contributed by atoms with Crippen LogP contribution in [0.4, 0.5) is 0 Å². The monoisotopic (exact) mass is 288 g/mol. The zero-order valence-corrected chi connectivity index (χ0v) is 13.4. The summed E-state index contributed by atoms with van der Waals surface area (Å²) in [7, 11) is 0. The van der Waals surface area contributed by atoms with Crippen LogP contribution in [0.1, 0.15) is 65.2 Å². The number of epoxide rings is 1. The Morgan fingerprint density at radius 2 is 1.90 bits per heavy atom. The molecule has 4 saturated carbocycles. The van der Waals surface area contributed by atoms with Gasteiger partial charge >= 0.3 is 0 Å². The van der Waals surface area contributed by atoms with E-state index in [1.165, 1.54) is 44.9 Å². The third-order valence-corrected chi connectivity index (χ3v) is 8.61. The summed E-state index contributed by atoms with van der Waals surface area (Å²) in [6.07, 6.45) is 10.9. The summed E-state index contributed by atoms with van der Waals surface area (Å²) < 4.78 is 5.90. The Balaban J connectivity index is 1.51. The molecule has 1 saturated heterocycles. The first-order valence-electron chi connectivity index (χ1n) is 9.22. The minimum atomic E-state index is -0.0121. The van der Waals surface area contributed by atoms with Gasteiger partial charge in [0, 0.05) is 11.8 Å². The van der Waals surface area contributed by atoms with Crippen molar-refractivity contribution in [2.24, 2.45) is 34.5 Å². The molecule has 5 aliphatic rings. The normalized spacial score (nSPS) is 61.5. The lowest BCUT2D eigenvalue weighted by atomic mass is 9.45. The molecule has 1 heterocycles. The molecule has 0 amide bonds. The Labute approximate surface area is 128 Å². The molecule has 5 rings (SSSR count). The first-order valence-corrected chi connectivity index (χ1v) is 9.22. The van der Waals surface area contributed by atoms with E-state index in [0.29, 0.717) is 22.5 Å². The fourth-order valence-corrected chi connectivity index (χ4v) is 7.42. The summed E-state index contributed by atoms with van der Waals surface area (Å²) in [6.45, 7) is 5.05.